The Hall–Kier alpha value is -2.29. The van der Waals surface area contributed by atoms with Crippen molar-refractivity contribution in [2.24, 2.45) is 0 Å². The highest BCUT2D eigenvalue weighted by Crippen LogP contribution is 2.28. The average Bonchev–Trinajstić information content (AvgIpc) is 2.52. The number of carbonyl (C=O) groups excluding carboxylic acids is 2. The summed E-state index contributed by atoms with van der Waals surface area (Å²) in [5, 5.41) is 2.41. The molecule has 0 aliphatic carbocycles. The van der Waals surface area contributed by atoms with Gasteiger partial charge in [0.15, 0.2) is 6.61 Å². The number of carbonyl (C=O) groups is 2. The van der Waals surface area contributed by atoms with Gasteiger partial charge in [0, 0.05) is 6.61 Å². The monoisotopic (exact) mass is 349 g/mol. The Labute approximate surface area is 136 Å². The first-order valence-corrected chi connectivity index (χ1v) is 7.02. The van der Waals surface area contributed by atoms with Crippen LogP contribution in [-0.4, -0.2) is 44.5 Å². The lowest BCUT2D eigenvalue weighted by atomic mass is 10.2. The Balaban J connectivity index is 3.04. The second-order valence-corrected chi connectivity index (χ2v) is 4.69. The first-order valence-electron chi connectivity index (χ1n) is 7.02. The fourth-order valence-corrected chi connectivity index (χ4v) is 1.71. The molecule has 0 aliphatic heterocycles. The maximum Gasteiger partial charge on any atom is 0.422 e. The van der Waals surface area contributed by atoms with E-state index >= 15 is 0 Å². The largest absolute Gasteiger partial charge is 0.482 e. The molecule has 0 heterocycles. The van der Waals surface area contributed by atoms with E-state index in [0.717, 1.165) is 13.2 Å². The smallest absolute Gasteiger partial charge is 0.422 e. The van der Waals surface area contributed by atoms with Gasteiger partial charge in [0.2, 0.25) is 0 Å². The third-order valence-corrected chi connectivity index (χ3v) is 2.84. The van der Waals surface area contributed by atoms with Gasteiger partial charge < -0.3 is 19.5 Å². The van der Waals surface area contributed by atoms with Crippen LogP contribution in [-0.2, 0) is 14.3 Å². The fraction of sp³-hybridized carbons (Fsp3) is 0.467. The summed E-state index contributed by atoms with van der Waals surface area (Å²) in [5.41, 5.74) is -0.0195. The molecule has 0 fully saturated rings. The van der Waals surface area contributed by atoms with Crippen LogP contribution >= 0.6 is 0 Å². The summed E-state index contributed by atoms with van der Waals surface area (Å²) in [7, 11) is 1.14. The third kappa shape index (κ3) is 6.07. The van der Waals surface area contributed by atoms with Crippen molar-refractivity contribution in [1.82, 2.24) is 0 Å². The van der Waals surface area contributed by atoms with Gasteiger partial charge >= 0.3 is 12.1 Å². The van der Waals surface area contributed by atoms with Crippen LogP contribution in [0.15, 0.2) is 18.2 Å². The van der Waals surface area contributed by atoms with Crippen LogP contribution in [0, 0.1) is 0 Å². The van der Waals surface area contributed by atoms with Crippen molar-refractivity contribution in [2.45, 2.75) is 26.1 Å². The van der Waals surface area contributed by atoms with Crippen LogP contribution < -0.4 is 10.1 Å². The van der Waals surface area contributed by atoms with E-state index in [1.165, 1.54) is 19.1 Å². The van der Waals surface area contributed by atoms with Crippen LogP contribution in [0.3, 0.4) is 0 Å². The lowest BCUT2D eigenvalue weighted by molar-refractivity contribution is -0.153. The highest BCUT2D eigenvalue weighted by atomic mass is 19.4. The van der Waals surface area contributed by atoms with E-state index in [-0.39, 0.29) is 17.0 Å². The molecular weight excluding hydrogens is 331 g/mol. The minimum absolute atomic E-state index is 0.00877. The lowest BCUT2D eigenvalue weighted by Gasteiger charge is -2.17. The molecular formula is C15H18F3NO5. The van der Waals surface area contributed by atoms with Gasteiger partial charge in [-0.25, -0.2) is 4.79 Å². The Morgan fingerprint density at radius 3 is 2.50 bits per heavy atom. The highest BCUT2D eigenvalue weighted by molar-refractivity contribution is 5.97. The van der Waals surface area contributed by atoms with Crippen molar-refractivity contribution < 1.29 is 37.0 Å². The standard InChI is InChI=1S/C15H18F3NO5/c1-4-23-9(2)13(20)19-11-6-5-10(14(21)22-3)7-12(11)24-8-15(16,17)18/h5-7,9H,4,8H2,1-3H3,(H,19,20). The van der Waals surface area contributed by atoms with E-state index in [1.54, 1.807) is 6.92 Å². The quantitative estimate of drug-likeness (QED) is 0.766. The molecule has 0 spiro atoms. The molecule has 1 atom stereocenters. The minimum Gasteiger partial charge on any atom is -0.482 e. The molecule has 0 radical (unpaired) electrons. The molecule has 1 aromatic rings. The zero-order valence-corrected chi connectivity index (χ0v) is 13.4. The summed E-state index contributed by atoms with van der Waals surface area (Å²) in [5.74, 6) is -1.60. The topological polar surface area (TPSA) is 73.9 Å². The molecule has 134 valence electrons. The number of ether oxygens (including phenoxy) is 3. The number of hydrogen-bond acceptors (Lipinski definition) is 5. The van der Waals surface area contributed by atoms with Gasteiger partial charge in [-0.3, -0.25) is 4.79 Å². The molecule has 0 aliphatic rings. The van der Waals surface area contributed by atoms with Crippen LogP contribution in [0.25, 0.3) is 0 Å². The van der Waals surface area contributed by atoms with Crippen molar-refractivity contribution in [3.8, 4) is 5.75 Å². The minimum atomic E-state index is -4.57. The second-order valence-electron chi connectivity index (χ2n) is 4.69. The van der Waals surface area contributed by atoms with Gasteiger partial charge in [-0.1, -0.05) is 0 Å². The molecule has 1 amide bonds. The number of benzene rings is 1. The molecule has 0 bridgehead atoms. The number of methoxy groups -OCH3 is 1. The van der Waals surface area contributed by atoms with E-state index in [4.69, 9.17) is 4.74 Å². The van der Waals surface area contributed by atoms with Crippen LogP contribution in [0.1, 0.15) is 24.2 Å². The predicted molar refractivity (Wildman–Crippen MR) is 79.0 cm³/mol. The Morgan fingerprint density at radius 2 is 1.96 bits per heavy atom. The molecule has 0 aromatic heterocycles. The van der Waals surface area contributed by atoms with Gasteiger partial charge in [-0.15, -0.1) is 0 Å². The summed E-state index contributed by atoms with van der Waals surface area (Å²) in [6.45, 7) is 1.93. The van der Waals surface area contributed by atoms with E-state index in [9.17, 15) is 22.8 Å². The SMILES string of the molecule is CCOC(C)C(=O)Nc1ccc(C(=O)OC)cc1OCC(F)(F)F. The van der Waals surface area contributed by atoms with Crippen LogP contribution in [0.5, 0.6) is 5.75 Å². The molecule has 24 heavy (non-hydrogen) atoms. The third-order valence-electron chi connectivity index (χ3n) is 2.84. The number of nitrogens with one attached hydrogen (secondary N) is 1. The first kappa shape index (κ1) is 19.8. The van der Waals surface area contributed by atoms with Gasteiger partial charge in [-0.2, -0.15) is 13.2 Å². The molecule has 6 nitrogen and oxygen atoms in total. The Bertz CT molecular complexity index is 589. The van der Waals surface area contributed by atoms with Crippen molar-refractivity contribution >= 4 is 17.6 Å². The average molecular weight is 349 g/mol. The van der Waals surface area contributed by atoms with Crippen LogP contribution in [0.4, 0.5) is 18.9 Å². The van der Waals surface area contributed by atoms with Crippen molar-refractivity contribution in [1.29, 1.82) is 0 Å². The van der Waals surface area contributed by atoms with Crippen molar-refractivity contribution in [3.63, 3.8) is 0 Å². The van der Waals surface area contributed by atoms with Gasteiger partial charge in [0.1, 0.15) is 11.9 Å². The highest BCUT2D eigenvalue weighted by Gasteiger charge is 2.29. The summed E-state index contributed by atoms with van der Waals surface area (Å²) < 4.78 is 51.4. The normalized spacial score (nSPS) is 12.4. The number of anilines is 1. The van der Waals surface area contributed by atoms with Gasteiger partial charge in [-0.05, 0) is 32.0 Å². The number of rotatable bonds is 7. The summed E-state index contributed by atoms with van der Waals surface area (Å²) in [4.78, 5) is 23.4. The number of halogens is 3. The van der Waals surface area contributed by atoms with Gasteiger partial charge in [0.25, 0.3) is 5.91 Å². The summed E-state index contributed by atoms with van der Waals surface area (Å²) in [6, 6.07) is 3.63. The molecule has 0 saturated heterocycles. The zero-order valence-electron chi connectivity index (χ0n) is 13.4. The first-order chi connectivity index (χ1) is 11.2. The molecule has 9 heteroatoms. The maximum atomic E-state index is 12.4. The van der Waals surface area contributed by atoms with E-state index in [0.29, 0.717) is 6.61 Å². The summed E-state index contributed by atoms with van der Waals surface area (Å²) >= 11 is 0. The fourth-order valence-electron chi connectivity index (χ4n) is 1.71. The molecule has 0 saturated carbocycles. The molecule has 1 unspecified atom stereocenters. The van der Waals surface area contributed by atoms with Crippen molar-refractivity contribution in [3.05, 3.63) is 23.8 Å². The molecule has 1 N–H and O–H groups in total. The lowest BCUT2D eigenvalue weighted by Crippen LogP contribution is -2.28. The van der Waals surface area contributed by atoms with Crippen LogP contribution in [0.2, 0.25) is 0 Å². The van der Waals surface area contributed by atoms with Crippen molar-refractivity contribution in [2.75, 3.05) is 25.6 Å². The number of esters is 1. The maximum absolute atomic E-state index is 12.4. The Kier molecular flexibility index (Phi) is 7.02. The van der Waals surface area contributed by atoms with E-state index < -0.39 is 30.8 Å². The number of alkyl halides is 3. The Morgan fingerprint density at radius 1 is 1.29 bits per heavy atom. The van der Waals surface area contributed by atoms with E-state index in [2.05, 4.69) is 14.8 Å². The van der Waals surface area contributed by atoms with Gasteiger partial charge in [0.05, 0.1) is 18.4 Å². The number of amides is 1. The molecule has 1 aromatic carbocycles. The van der Waals surface area contributed by atoms with E-state index in [1.807, 2.05) is 0 Å². The second kappa shape index (κ2) is 8.53. The number of hydrogen-bond donors (Lipinski definition) is 1. The molecule has 1 rings (SSSR count). The predicted octanol–water partition coefficient (Wildman–Crippen LogP) is 2.78. The zero-order chi connectivity index (χ0) is 18.3. The summed E-state index contributed by atoms with van der Waals surface area (Å²) in [6.07, 6.45) is -5.37.